The van der Waals surface area contributed by atoms with Gasteiger partial charge in [-0.05, 0) is 26.7 Å². The quantitative estimate of drug-likeness (QED) is 0.218. The third kappa shape index (κ3) is 11.0. The van der Waals surface area contributed by atoms with Crippen molar-refractivity contribution in [2.24, 2.45) is 0 Å². The van der Waals surface area contributed by atoms with Crippen LogP contribution in [0.5, 0.6) is 0 Å². The summed E-state index contributed by atoms with van der Waals surface area (Å²) in [5.74, 6) is -1.90. The Hall–Kier alpha value is -0.320. The molecule has 0 aromatic rings. The molecule has 0 radical (unpaired) electrons. The van der Waals surface area contributed by atoms with Gasteiger partial charge in [0, 0.05) is 33.5 Å². The third-order valence-electron chi connectivity index (χ3n) is 5.03. The second-order valence-electron chi connectivity index (χ2n) is 7.83. The van der Waals surface area contributed by atoms with Crippen molar-refractivity contribution in [3.8, 4) is 0 Å². The van der Waals surface area contributed by atoms with Crippen molar-refractivity contribution in [3.05, 3.63) is 0 Å². The first-order valence-electron chi connectivity index (χ1n) is 10.5. The van der Waals surface area contributed by atoms with Crippen LogP contribution in [0.3, 0.4) is 0 Å². The maximum atomic E-state index is 8.72. The monoisotopic (exact) mass is 408 g/mol. The van der Waals surface area contributed by atoms with Gasteiger partial charge in [0.2, 0.25) is 5.79 Å². The van der Waals surface area contributed by atoms with Crippen molar-refractivity contribution in [2.45, 2.75) is 109 Å². The summed E-state index contributed by atoms with van der Waals surface area (Å²) < 4.78 is 10.2. The zero-order chi connectivity index (χ0) is 20.7. The van der Waals surface area contributed by atoms with Gasteiger partial charge in [-0.3, -0.25) is 0 Å². The van der Waals surface area contributed by atoms with Crippen LogP contribution in [0, 0.1) is 0 Å². The van der Waals surface area contributed by atoms with Gasteiger partial charge in [-0.1, -0.05) is 44.9 Å². The number of rotatable bonds is 11. The molecule has 1 N–H and O–H groups in total. The van der Waals surface area contributed by atoms with E-state index in [2.05, 4.69) is 4.89 Å². The number of methoxy groups -OCH3 is 2. The van der Waals surface area contributed by atoms with Crippen LogP contribution in [0.2, 0.25) is 0 Å². The molecule has 0 saturated heterocycles. The molecule has 0 amide bonds. The molecule has 1 aliphatic rings. The Kier molecular flexibility index (Phi) is 13.4. The second-order valence-corrected chi connectivity index (χ2v) is 7.83. The first-order chi connectivity index (χ1) is 13.5. The van der Waals surface area contributed by atoms with Gasteiger partial charge in [0.1, 0.15) is 0 Å². The Labute approximate surface area is 169 Å². The van der Waals surface area contributed by atoms with Crippen molar-refractivity contribution < 1.29 is 39.2 Å². The summed E-state index contributed by atoms with van der Waals surface area (Å²) in [6.07, 6.45) is 11.3. The van der Waals surface area contributed by atoms with E-state index in [0.717, 1.165) is 25.7 Å². The highest BCUT2D eigenvalue weighted by molar-refractivity contribution is 4.69. The first kappa shape index (κ1) is 25.7. The summed E-state index contributed by atoms with van der Waals surface area (Å²) in [5, 5.41) is 8.72. The zero-order valence-electron chi connectivity index (χ0n) is 18.1. The largest absolute Gasteiger partial charge is 0.353 e. The molecule has 0 bridgehead atoms. The average Bonchev–Trinajstić information content (AvgIpc) is 2.69. The van der Waals surface area contributed by atoms with Crippen LogP contribution in [-0.2, 0) is 33.9 Å². The Bertz CT molecular complexity index is 361. The van der Waals surface area contributed by atoms with Crippen molar-refractivity contribution in [3.63, 3.8) is 0 Å². The lowest BCUT2D eigenvalue weighted by Crippen LogP contribution is -2.40. The molecular weight excluding hydrogens is 368 g/mol. The van der Waals surface area contributed by atoms with E-state index in [1.165, 1.54) is 39.2 Å². The molecule has 1 aliphatic carbocycles. The highest BCUT2D eigenvalue weighted by Gasteiger charge is 2.37. The minimum atomic E-state index is -1.00. The molecular formula is C20H40O8. The number of hydrogen-bond donors (Lipinski definition) is 1. The summed E-state index contributed by atoms with van der Waals surface area (Å²) >= 11 is 0. The molecule has 168 valence electrons. The topological polar surface area (TPSA) is 84.8 Å². The Morgan fingerprint density at radius 1 is 0.857 bits per heavy atom. The van der Waals surface area contributed by atoms with E-state index in [-0.39, 0.29) is 6.61 Å². The summed E-state index contributed by atoms with van der Waals surface area (Å²) in [5.41, 5.74) is 0. The molecule has 8 heteroatoms. The van der Waals surface area contributed by atoms with Gasteiger partial charge < -0.3 is 9.47 Å². The Morgan fingerprint density at radius 2 is 1.39 bits per heavy atom. The maximum Gasteiger partial charge on any atom is 0.234 e. The molecule has 1 saturated carbocycles. The summed E-state index contributed by atoms with van der Waals surface area (Å²) in [4.78, 5) is 26.7. The van der Waals surface area contributed by atoms with E-state index in [1.807, 2.05) is 0 Å². The molecule has 1 fully saturated rings. The van der Waals surface area contributed by atoms with Crippen LogP contribution in [0.25, 0.3) is 0 Å². The van der Waals surface area contributed by atoms with E-state index in [1.54, 1.807) is 21.0 Å². The van der Waals surface area contributed by atoms with Gasteiger partial charge in [-0.2, -0.15) is 14.7 Å². The molecule has 28 heavy (non-hydrogen) atoms. The molecule has 1 atom stereocenters. The molecule has 1 rings (SSSR count). The fraction of sp³-hybridized carbons (Fsp3) is 1.00. The van der Waals surface area contributed by atoms with E-state index >= 15 is 0 Å². The summed E-state index contributed by atoms with van der Waals surface area (Å²) in [6.45, 7) is 3.73. The predicted molar refractivity (Wildman–Crippen MR) is 103 cm³/mol. The minimum absolute atomic E-state index is 0.178. The van der Waals surface area contributed by atoms with Crippen LogP contribution in [0.4, 0.5) is 0 Å². The average molecular weight is 409 g/mol. The van der Waals surface area contributed by atoms with Crippen molar-refractivity contribution in [1.29, 1.82) is 0 Å². The van der Waals surface area contributed by atoms with Crippen LogP contribution < -0.4 is 0 Å². The summed E-state index contributed by atoms with van der Waals surface area (Å²) in [7, 11) is 3.01. The Morgan fingerprint density at radius 3 is 1.86 bits per heavy atom. The minimum Gasteiger partial charge on any atom is -0.353 e. The lowest BCUT2D eigenvalue weighted by molar-refractivity contribution is -0.550. The van der Waals surface area contributed by atoms with E-state index in [4.69, 9.17) is 34.3 Å². The molecule has 0 aromatic heterocycles. The van der Waals surface area contributed by atoms with Gasteiger partial charge >= 0.3 is 0 Å². The predicted octanol–water partition coefficient (Wildman–Crippen LogP) is 5.12. The number of hydrogen-bond acceptors (Lipinski definition) is 8. The first-order valence-corrected chi connectivity index (χ1v) is 10.5. The molecule has 0 aromatic carbocycles. The van der Waals surface area contributed by atoms with E-state index in [0.29, 0.717) is 19.3 Å². The molecule has 1 unspecified atom stereocenters. The second kappa shape index (κ2) is 14.6. The third-order valence-corrected chi connectivity index (χ3v) is 5.03. The maximum absolute atomic E-state index is 8.72. The molecule has 8 nitrogen and oxygen atoms in total. The van der Waals surface area contributed by atoms with Crippen molar-refractivity contribution >= 4 is 0 Å². The lowest BCUT2D eigenvalue weighted by Gasteiger charge is -2.34. The van der Waals surface area contributed by atoms with Gasteiger partial charge in [0.05, 0.1) is 6.61 Å². The normalized spacial score (nSPS) is 20.9. The fourth-order valence-electron chi connectivity index (χ4n) is 3.05. The fourth-order valence-corrected chi connectivity index (χ4v) is 3.05. The lowest BCUT2D eigenvalue weighted by atomic mass is 9.97. The van der Waals surface area contributed by atoms with Crippen LogP contribution in [0.1, 0.15) is 90.9 Å². The van der Waals surface area contributed by atoms with Gasteiger partial charge in [-0.25, -0.2) is 15.0 Å². The van der Waals surface area contributed by atoms with Crippen molar-refractivity contribution in [2.75, 3.05) is 20.8 Å². The zero-order valence-corrected chi connectivity index (χ0v) is 18.1. The van der Waals surface area contributed by atoms with E-state index in [9.17, 15) is 0 Å². The SMILES string of the molecule is COC(CCOOC1(OOC(C)(C)OC)CCCCCCCCCCC1)OO. The van der Waals surface area contributed by atoms with Crippen molar-refractivity contribution in [1.82, 2.24) is 0 Å². The number of ether oxygens (including phenoxy) is 2. The smallest absolute Gasteiger partial charge is 0.234 e. The summed E-state index contributed by atoms with van der Waals surface area (Å²) in [6, 6.07) is 0. The van der Waals surface area contributed by atoms with Crippen LogP contribution in [0.15, 0.2) is 0 Å². The van der Waals surface area contributed by atoms with E-state index < -0.39 is 17.9 Å². The molecule has 0 spiro atoms. The van der Waals surface area contributed by atoms with Crippen LogP contribution >= 0.6 is 0 Å². The Balaban J connectivity index is 2.70. The van der Waals surface area contributed by atoms with Gasteiger partial charge in [0.25, 0.3) is 0 Å². The van der Waals surface area contributed by atoms with Gasteiger partial charge in [-0.15, -0.1) is 0 Å². The molecule has 0 heterocycles. The highest BCUT2D eigenvalue weighted by Crippen LogP contribution is 2.32. The molecule has 0 aliphatic heterocycles. The standard InChI is InChI=1S/C20H40O8/c1-19(2,23-4)26-28-20(27-24-17-14-18(22-3)25-21)15-12-10-8-6-5-7-9-11-13-16-20/h18,21H,5-17H2,1-4H3. The van der Waals surface area contributed by atoms with Crippen LogP contribution in [-0.4, -0.2) is 43.9 Å². The van der Waals surface area contributed by atoms with Gasteiger partial charge in [0.15, 0.2) is 12.1 Å². The highest BCUT2D eigenvalue weighted by atomic mass is 17.3.